The van der Waals surface area contributed by atoms with Crippen molar-refractivity contribution in [3.05, 3.63) is 11.1 Å². The standard InChI is InChI=1S/C31H50O3/c1-20(10-9-11-21(2)27(33)34-8)22-14-18-31(7)24-12-13-25-28(3,4)26(32)16-17-29(25,5)23(24)15-19-30(22,31)6/h20-22,25H,9-19H2,1-8H3. The third-order valence-electron chi connectivity index (χ3n) is 12.1. The lowest BCUT2D eigenvalue weighted by molar-refractivity contribution is -0.145. The van der Waals surface area contributed by atoms with E-state index in [1.165, 1.54) is 52.1 Å². The van der Waals surface area contributed by atoms with Crippen LogP contribution in [-0.4, -0.2) is 18.9 Å². The molecule has 3 nitrogen and oxygen atoms in total. The molecule has 0 saturated heterocycles. The highest BCUT2D eigenvalue weighted by Crippen LogP contribution is 2.72. The van der Waals surface area contributed by atoms with Crippen LogP contribution >= 0.6 is 0 Å². The molecule has 7 atom stereocenters. The lowest BCUT2D eigenvalue weighted by Gasteiger charge is -2.61. The molecule has 0 amide bonds. The number of carbonyl (C=O) groups is 2. The Morgan fingerprint density at radius 1 is 0.941 bits per heavy atom. The van der Waals surface area contributed by atoms with Gasteiger partial charge in [0.05, 0.1) is 13.0 Å². The van der Waals surface area contributed by atoms with Gasteiger partial charge < -0.3 is 4.74 Å². The molecule has 0 bridgehead atoms. The van der Waals surface area contributed by atoms with Crippen LogP contribution in [0, 0.1) is 45.3 Å². The van der Waals surface area contributed by atoms with E-state index in [0.29, 0.717) is 28.4 Å². The van der Waals surface area contributed by atoms with Crippen molar-refractivity contribution in [2.24, 2.45) is 45.3 Å². The summed E-state index contributed by atoms with van der Waals surface area (Å²) in [4.78, 5) is 24.6. The molecule has 0 N–H and O–H groups in total. The minimum absolute atomic E-state index is 0.00609. The molecule has 4 aliphatic rings. The van der Waals surface area contributed by atoms with E-state index in [-0.39, 0.29) is 22.7 Å². The van der Waals surface area contributed by atoms with Crippen molar-refractivity contribution in [3.63, 3.8) is 0 Å². The predicted molar refractivity (Wildman–Crippen MR) is 138 cm³/mol. The van der Waals surface area contributed by atoms with Crippen LogP contribution in [0.15, 0.2) is 11.1 Å². The lowest BCUT2D eigenvalue weighted by Crippen LogP contribution is -2.53. The number of hydrogen-bond acceptors (Lipinski definition) is 3. The fourth-order valence-electron chi connectivity index (χ4n) is 9.71. The summed E-state index contributed by atoms with van der Waals surface area (Å²) in [7, 11) is 1.49. The van der Waals surface area contributed by atoms with E-state index in [4.69, 9.17) is 4.74 Å². The van der Waals surface area contributed by atoms with Gasteiger partial charge in [-0.1, -0.05) is 72.5 Å². The van der Waals surface area contributed by atoms with Crippen LogP contribution in [0.2, 0.25) is 0 Å². The Hall–Kier alpha value is -1.12. The molecule has 3 heteroatoms. The highest BCUT2D eigenvalue weighted by Gasteiger charge is 2.63. The van der Waals surface area contributed by atoms with Crippen LogP contribution in [0.25, 0.3) is 0 Å². The maximum absolute atomic E-state index is 12.8. The van der Waals surface area contributed by atoms with Crippen molar-refractivity contribution >= 4 is 11.8 Å². The zero-order valence-electron chi connectivity index (χ0n) is 23.3. The summed E-state index contributed by atoms with van der Waals surface area (Å²) < 4.78 is 4.92. The average molecular weight is 471 g/mol. The number of hydrogen-bond donors (Lipinski definition) is 0. The molecule has 4 rings (SSSR count). The third-order valence-corrected chi connectivity index (χ3v) is 12.1. The number of Topliss-reactive ketones (excluding diaryl/α,β-unsaturated/α-hetero) is 1. The first kappa shape index (κ1) is 26.0. The second-order valence-corrected chi connectivity index (χ2v) is 13.8. The van der Waals surface area contributed by atoms with Gasteiger partial charge in [-0.25, -0.2) is 0 Å². The monoisotopic (exact) mass is 470 g/mol. The highest BCUT2D eigenvalue weighted by molar-refractivity contribution is 5.85. The van der Waals surface area contributed by atoms with Gasteiger partial charge in [0.25, 0.3) is 0 Å². The molecule has 0 aromatic rings. The number of methoxy groups -OCH3 is 1. The lowest BCUT2D eigenvalue weighted by atomic mass is 9.43. The molecule has 7 unspecified atom stereocenters. The van der Waals surface area contributed by atoms with Gasteiger partial charge in [-0.05, 0) is 85.4 Å². The van der Waals surface area contributed by atoms with Crippen molar-refractivity contribution in [1.29, 1.82) is 0 Å². The molecule has 0 aromatic heterocycles. The van der Waals surface area contributed by atoms with Gasteiger partial charge >= 0.3 is 5.97 Å². The first-order valence-corrected chi connectivity index (χ1v) is 14.2. The second-order valence-electron chi connectivity index (χ2n) is 13.8. The molecule has 192 valence electrons. The Bertz CT molecular complexity index is 868. The van der Waals surface area contributed by atoms with E-state index >= 15 is 0 Å². The summed E-state index contributed by atoms with van der Waals surface area (Å²) in [6.45, 7) is 16.7. The predicted octanol–water partition coefficient (Wildman–Crippen LogP) is 7.92. The number of carbonyl (C=O) groups excluding carboxylic acids is 2. The van der Waals surface area contributed by atoms with Crippen LogP contribution in [-0.2, 0) is 14.3 Å². The maximum atomic E-state index is 12.8. The maximum Gasteiger partial charge on any atom is 0.308 e. The number of allylic oxidation sites excluding steroid dienone is 2. The highest BCUT2D eigenvalue weighted by atomic mass is 16.5. The molecule has 2 saturated carbocycles. The number of ketones is 1. The Kier molecular flexibility index (Phi) is 6.69. The van der Waals surface area contributed by atoms with Crippen molar-refractivity contribution in [2.45, 2.75) is 119 Å². The van der Waals surface area contributed by atoms with Crippen LogP contribution < -0.4 is 0 Å². The zero-order chi connectivity index (χ0) is 25.1. The van der Waals surface area contributed by atoms with Crippen LogP contribution in [0.4, 0.5) is 0 Å². The van der Waals surface area contributed by atoms with E-state index in [1.807, 2.05) is 6.92 Å². The quantitative estimate of drug-likeness (QED) is 0.292. The van der Waals surface area contributed by atoms with Gasteiger partial charge in [-0.2, -0.15) is 0 Å². The van der Waals surface area contributed by atoms with Gasteiger partial charge in [-0.15, -0.1) is 0 Å². The SMILES string of the molecule is COC(=O)C(C)CCCC(C)C1CCC2(C)C3=C(CCC12C)C1(C)CCC(=O)C(C)(C)C1CC3. The Balaban J connectivity index is 1.55. The first-order valence-electron chi connectivity index (χ1n) is 14.2. The largest absolute Gasteiger partial charge is 0.469 e. The summed E-state index contributed by atoms with van der Waals surface area (Å²) in [5.74, 6) is 2.37. The van der Waals surface area contributed by atoms with E-state index in [9.17, 15) is 9.59 Å². The van der Waals surface area contributed by atoms with Gasteiger partial charge in [0.15, 0.2) is 0 Å². The normalized spacial score (nSPS) is 40.8. The minimum atomic E-state index is -0.179. The van der Waals surface area contributed by atoms with E-state index in [1.54, 1.807) is 11.1 Å². The van der Waals surface area contributed by atoms with Crippen LogP contribution in [0.3, 0.4) is 0 Å². The molecule has 0 aliphatic heterocycles. The zero-order valence-corrected chi connectivity index (χ0v) is 23.3. The Morgan fingerprint density at radius 3 is 2.32 bits per heavy atom. The fraction of sp³-hybridized carbons (Fsp3) is 0.871. The molecule has 0 radical (unpaired) electrons. The topological polar surface area (TPSA) is 43.4 Å². The van der Waals surface area contributed by atoms with Crippen molar-refractivity contribution in [2.75, 3.05) is 7.11 Å². The Labute approximate surface area is 208 Å². The van der Waals surface area contributed by atoms with Gasteiger partial charge in [0, 0.05) is 11.8 Å². The van der Waals surface area contributed by atoms with Gasteiger partial charge in [0.2, 0.25) is 0 Å². The van der Waals surface area contributed by atoms with E-state index < -0.39 is 0 Å². The van der Waals surface area contributed by atoms with E-state index in [2.05, 4.69) is 41.5 Å². The number of rotatable bonds is 6. The molecule has 0 heterocycles. The molecule has 34 heavy (non-hydrogen) atoms. The molecule has 4 aliphatic carbocycles. The number of fused-ring (bicyclic) bond motifs is 4. The Morgan fingerprint density at radius 2 is 1.65 bits per heavy atom. The van der Waals surface area contributed by atoms with Crippen molar-refractivity contribution in [3.8, 4) is 0 Å². The van der Waals surface area contributed by atoms with Gasteiger partial charge in [-0.3, -0.25) is 9.59 Å². The fourth-order valence-corrected chi connectivity index (χ4v) is 9.71. The van der Waals surface area contributed by atoms with Crippen molar-refractivity contribution in [1.82, 2.24) is 0 Å². The summed E-state index contributed by atoms with van der Waals surface area (Å²) in [6, 6.07) is 0. The molecule has 2 fully saturated rings. The van der Waals surface area contributed by atoms with Crippen molar-refractivity contribution < 1.29 is 14.3 Å². The van der Waals surface area contributed by atoms with Crippen LogP contribution in [0.5, 0.6) is 0 Å². The molecular formula is C31H50O3. The van der Waals surface area contributed by atoms with E-state index in [0.717, 1.165) is 31.6 Å². The second kappa shape index (κ2) is 8.77. The minimum Gasteiger partial charge on any atom is -0.469 e. The number of esters is 1. The summed E-state index contributed by atoms with van der Waals surface area (Å²) in [5.41, 5.74) is 4.27. The smallest absolute Gasteiger partial charge is 0.308 e. The van der Waals surface area contributed by atoms with Gasteiger partial charge in [0.1, 0.15) is 5.78 Å². The summed E-state index contributed by atoms with van der Waals surface area (Å²) in [6.07, 6.45) is 12.6. The average Bonchev–Trinajstić information content (AvgIpc) is 3.07. The first-order chi connectivity index (χ1) is 15.8. The van der Waals surface area contributed by atoms with Crippen LogP contribution in [0.1, 0.15) is 119 Å². The molecule has 0 spiro atoms. The molecule has 0 aromatic carbocycles. The number of ether oxygens (including phenoxy) is 1. The summed E-state index contributed by atoms with van der Waals surface area (Å²) in [5, 5.41) is 0. The third kappa shape index (κ3) is 3.65. The summed E-state index contributed by atoms with van der Waals surface area (Å²) >= 11 is 0. The molecular weight excluding hydrogens is 420 g/mol.